The number of carbonyl (C=O) groups is 1. The molecule has 3 aromatic rings. The number of amides is 1. The molecule has 0 aliphatic carbocycles. The number of hydrogen-bond donors (Lipinski definition) is 1. The van der Waals surface area contributed by atoms with Crippen molar-refractivity contribution in [1.29, 1.82) is 0 Å². The third-order valence-electron chi connectivity index (χ3n) is 3.94. The van der Waals surface area contributed by atoms with Gasteiger partial charge in [-0.15, -0.1) is 0 Å². The fourth-order valence-corrected chi connectivity index (χ4v) is 3.13. The Balaban J connectivity index is 1.82. The molecule has 1 amide bonds. The van der Waals surface area contributed by atoms with Gasteiger partial charge in [0.25, 0.3) is 0 Å². The minimum absolute atomic E-state index is 0.000365. The highest BCUT2D eigenvalue weighted by Gasteiger charge is 2.18. The zero-order valence-corrected chi connectivity index (χ0v) is 14.7. The van der Waals surface area contributed by atoms with Gasteiger partial charge in [-0.05, 0) is 39.2 Å². The normalized spacial score (nSPS) is 10.6. The molecule has 3 rings (SSSR count). The maximum absolute atomic E-state index is 12.6. The number of carbonyl (C=O) groups excluding carboxylic acids is 1. The van der Waals surface area contributed by atoms with Crippen LogP contribution in [0.3, 0.4) is 0 Å². The van der Waals surface area contributed by atoms with E-state index in [0.717, 1.165) is 21.3 Å². The summed E-state index contributed by atoms with van der Waals surface area (Å²) >= 11 is 3.47. The zero-order chi connectivity index (χ0) is 16.8. The average molecular weight is 380 g/mol. The second-order valence-corrected chi connectivity index (χ2v) is 6.46. The Kier molecular flexibility index (Phi) is 5.44. The maximum atomic E-state index is 12.6. The van der Waals surface area contributed by atoms with Crippen LogP contribution in [0.2, 0.25) is 0 Å². The van der Waals surface area contributed by atoms with Gasteiger partial charge < -0.3 is 5.32 Å². The van der Waals surface area contributed by atoms with Crippen molar-refractivity contribution in [1.82, 2.24) is 0 Å². The lowest BCUT2D eigenvalue weighted by atomic mass is 9.88. The fourth-order valence-electron chi connectivity index (χ4n) is 2.75. The van der Waals surface area contributed by atoms with Crippen LogP contribution in [0, 0.1) is 0 Å². The Morgan fingerprint density at radius 3 is 1.83 bits per heavy atom. The Labute approximate surface area is 150 Å². The fraction of sp³-hybridized carbons (Fsp3) is 0.0952. The first-order chi connectivity index (χ1) is 11.7. The van der Waals surface area contributed by atoms with Gasteiger partial charge in [-0.1, -0.05) is 72.8 Å². The smallest absolute Gasteiger partial charge is 0.225 e. The number of anilines is 1. The Bertz CT molecular complexity index is 763. The van der Waals surface area contributed by atoms with E-state index in [9.17, 15) is 4.79 Å². The molecule has 3 aromatic carbocycles. The molecule has 0 atom stereocenters. The standard InChI is InChI=1S/C21H18BrNO/c22-19-13-7-8-14-20(19)23-21(24)15-18(16-9-3-1-4-10-16)17-11-5-2-6-12-17/h1-14,18H,15H2,(H,23,24). The molecule has 1 N–H and O–H groups in total. The number of nitrogens with one attached hydrogen (secondary N) is 1. The van der Waals surface area contributed by atoms with Crippen LogP contribution in [0.5, 0.6) is 0 Å². The average Bonchev–Trinajstić information content (AvgIpc) is 2.63. The molecule has 0 heterocycles. The summed E-state index contributed by atoms with van der Waals surface area (Å²) in [4.78, 5) is 12.6. The van der Waals surface area contributed by atoms with Gasteiger partial charge in [-0.3, -0.25) is 4.79 Å². The molecule has 3 heteroatoms. The molecule has 24 heavy (non-hydrogen) atoms. The molecule has 0 unspecified atom stereocenters. The molecule has 0 fully saturated rings. The van der Waals surface area contributed by atoms with Gasteiger partial charge in [0.05, 0.1) is 5.69 Å². The SMILES string of the molecule is O=C(CC(c1ccccc1)c1ccccc1)Nc1ccccc1Br. The molecule has 2 nitrogen and oxygen atoms in total. The predicted molar refractivity (Wildman–Crippen MR) is 102 cm³/mol. The minimum Gasteiger partial charge on any atom is -0.325 e. The Morgan fingerprint density at radius 1 is 0.792 bits per heavy atom. The Hall–Kier alpha value is -2.39. The third-order valence-corrected chi connectivity index (χ3v) is 4.63. The molecule has 0 radical (unpaired) electrons. The maximum Gasteiger partial charge on any atom is 0.225 e. The van der Waals surface area contributed by atoms with Crippen LogP contribution in [-0.4, -0.2) is 5.91 Å². The van der Waals surface area contributed by atoms with Crippen LogP contribution in [0.15, 0.2) is 89.4 Å². The zero-order valence-electron chi connectivity index (χ0n) is 13.2. The van der Waals surface area contributed by atoms with E-state index in [0.29, 0.717) is 6.42 Å². The van der Waals surface area contributed by atoms with E-state index in [-0.39, 0.29) is 11.8 Å². The van der Waals surface area contributed by atoms with Crippen LogP contribution in [0.1, 0.15) is 23.5 Å². The molecule has 0 aromatic heterocycles. The number of halogens is 1. The summed E-state index contributed by atoms with van der Waals surface area (Å²) in [5.74, 6) is 0.0366. The minimum atomic E-state index is -0.000365. The van der Waals surface area contributed by atoms with Gasteiger partial charge in [-0.2, -0.15) is 0 Å². The molecule has 0 saturated heterocycles. The molecular formula is C21H18BrNO. The van der Waals surface area contributed by atoms with E-state index >= 15 is 0 Å². The molecule has 0 aliphatic rings. The van der Waals surface area contributed by atoms with Gasteiger partial charge in [-0.25, -0.2) is 0 Å². The quantitative estimate of drug-likeness (QED) is 0.613. The van der Waals surface area contributed by atoms with Crippen molar-refractivity contribution in [3.8, 4) is 0 Å². The summed E-state index contributed by atoms with van der Waals surface area (Å²) in [7, 11) is 0. The van der Waals surface area contributed by atoms with Crippen molar-refractivity contribution >= 4 is 27.5 Å². The molecular weight excluding hydrogens is 362 g/mol. The van der Waals surface area contributed by atoms with E-state index in [2.05, 4.69) is 45.5 Å². The summed E-state index contributed by atoms with van der Waals surface area (Å²) in [6, 6.07) is 28.0. The first kappa shape index (κ1) is 16.5. The molecule has 0 aliphatic heterocycles. The van der Waals surface area contributed by atoms with Crippen molar-refractivity contribution in [2.45, 2.75) is 12.3 Å². The second kappa shape index (κ2) is 7.93. The monoisotopic (exact) mass is 379 g/mol. The van der Waals surface area contributed by atoms with Gasteiger partial charge in [0.2, 0.25) is 5.91 Å². The number of hydrogen-bond acceptors (Lipinski definition) is 1. The summed E-state index contributed by atoms with van der Waals surface area (Å²) < 4.78 is 0.884. The highest BCUT2D eigenvalue weighted by molar-refractivity contribution is 9.10. The van der Waals surface area contributed by atoms with Crippen molar-refractivity contribution in [3.05, 3.63) is 101 Å². The number of benzene rings is 3. The van der Waals surface area contributed by atoms with Crippen LogP contribution in [-0.2, 0) is 4.79 Å². The highest BCUT2D eigenvalue weighted by atomic mass is 79.9. The van der Waals surface area contributed by atoms with Crippen molar-refractivity contribution in [2.75, 3.05) is 5.32 Å². The number of para-hydroxylation sites is 1. The van der Waals surface area contributed by atoms with Gasteiger partial charge >= 0.3 is 0 Å². The van der Waals surface area contributed by atoms with Crippen LogP contribution in [0.25, 0.3) is 0 Å². The van der Waals surface area contributed by atoms with E-state index in [1.807, 2.05) is 60.7 Å². The van der Waals surface area contributed by atoms with E-state index in [1.165, 1.54) is 0 Å². The first-order valence-electron chi connectivity index (χ1n) is 7.88. The van der Waals surface area contributed by atoms with E-state index in [4.69, 9.17) is 0 Å². The van der Waals surface area contributed by atoms with E-state index in [1.54, 1.807) is 0 Å². The van der Waals surface area contributed by atoms with Crippen molar-refractivity contribution in [2.24, 2.45) is 0 Å². The lowest BCUT2D eigenvalue weighted by Gasteiger charge is -2.18. The largest absolute Gasteiger partial charge is 0.325 e. The molecule has 0 saturated carbocycles. The summed E-state index contributed by atoms with van der Waals surface area (Å²) in [6.45, 7) is 0. The molecule has 0 bridgehead atoms. The first-order valence-corrected chi connectivity index (χ1v) is 8.67. The highest BCUT2D eigenvalue weighted by Crippen LogP contribution is 2.29. The number of rotatable bonds is 5. The molecule has 0 spiro atoms. The Morgan fingerprint density at radius 2 is 1.29 bits per heavy atom. The molecule has 120 valence electrons. The summed E-state index contributed by atoms with van der Waals surface area (Å²) in [5, 5.41) is 2.99. The van der Waals surface area contributed by atoms with Crippen molar-refractivity contribution < 1.29 is 4.79 Å². The van der Waals surface area contributed by atoms with Crippen molar-refractivity contribution in [3.63, 3.8) is 0 Å². The lowest BCUT2D eigenvalue weighted by Crippen LogP contribution is -2.16. The summed E-state index contributed by atoms with van der Waals surface area (Å²) in [6.07, 6.45) is 0.398. The van der Waals surface area contributed by atoms with Crippen LogP contribution < -0.4 is 5.32 Å². The van der Waals surface area contributed by atoms with Gasteiger partial charge in [0, 0.05) is 16.8 Å². The topological polar surface area (TPSA) is 29.1 Å². The van der Waals surface area contributed by atoms with Crippen LogP contribution in [0.4, 0.5) is 5.69 Å². The van der Waals surface area contributed by atoms with Gasteiger partial charge in [0.15, 0.2) is 0 Å². The van der Waals surface area contributed by atoms with Crippen LogP contribution >= 0.6 is 15.9 Å². The third kappa shape index (κ3) is 4.12. The summed E-state index contributed by atoms with van der Waals surface area (Å²) in [5.41, 5.74) is 3.08. The lowest BCUT2D eigenvalue weighted by molar-refractivity contribution is -0.116. The second-order valence-electron chi connectivity index (χ2n) is 5.61. The predicted octanol–water partition coefficient (Wildman–Crippen LogP) is 5.61. The van der Waals surface area contributed by atoms with E-state index < -0.39 is 0 Å². The van der Waals surface area contributed by atoms with Gasteiger partial charge in [0.1, 0.15) is 0 Å².